The predicted octanol–water partition coefficient (Wildman–Crippen LogP) is 2.96. The van der Waals surface area contributed by atoms with Crippen molar-refractivity contribution in [2.45, 2.75) is 40.3 Å². The van der Waals surface area contributed by atoms with Gasteiger partial charge in [0, 0.05) is 12.7 Å². The second-order valence-corrected chi connectivity index (χ2v) is 6.81. The fourth-order valence-corrected chi connectivity index (χ4v) is 2.93. The molecule has 0 saturated heterocycles. The van der Waals surface area contributed by atoms with Crippen molar-refractivity contribution >= 4 is 11.0 Å². The summed E-state index contributed by atoms with van der Waals surface area (Å²) in [7, 11) is 0. The van der Waals surface area contributed by atoms with Crippen molar-refractivity contribution in [2.24, 2.45) is 5.92 Å². The monoisotopic (exact) mass is 337 g/mol. The van der Waals surface area contributed by atoms with Gasteiger partial charge < -0.3 is 0 Å². The average Bonchev–Trinajstić information content (AvgIpc) is 2.60. The Morgan fingerprint density at radius 3 is 2.52 bits per heavy atom. The molecule has 5 nitrogen and oxygen atoms in total. The second-order valence-electron chi connectivity index (χ2n) is 6.81. The maximum absolute atomic E-state index is 13.0. The first-order valence-electron chi connectivity index (χ1n) is 8.62. The number of rotatable bonds is 5. The van der Waals surface area contributed by atoms with Gasteiger partial charge in [-0.3, -0.25) is 13.9 Å². The van der Waals surface area contributed by atoms with Crippen LogP contribution in [0.3, 0.4) is 0 Å². The third-order valence-electron chi connectivity index (χ3n) is 4.50. The highest BCUT2D eigenvalue weighted by molar-refractivity contribution is 5.73. The quantitative estimate of drug-likeness (QED) is 0.719. The number of pyridine rings is 1. The van der Waals surface area contributed by atoms with Crippen molar-refractivity contribution < 1.29 is 0 Å². The van der Waals surface area contributed by atoms with Gasteiger partial charge in [-0.1, -0.05) is 38.1 Å². The molecule has 0 aliphatic rings. The van der Waals surface area contributed by atoms with E-state index in [1.54, 1.807) is 22.9 Å². The highest BCUT2D eigenvalue weighted by Crippen LogP contribution is 2.11. The second kappa shape index (κ2) is 7.05. The van der Waals surface area contributed by atoms with Gasteiger partial charge in [0.05, 0.1) is 11.9 Å². The van der Waals surface area contributed by atoms with E-state index in [-0.39, 0.29) is 11.2 Å². The number of benzene rings is 1. The first-order valence-corrected chi connectivity index (χ1v) is 8.62. The molecule has 3 aromatic rings. The Labute approximate surface area is 146 Å². The molecular formula is C20H23N3O2. The smallest absolute Gasteiger partial charge is 0.273 e. The number of hydrogen-bond donors (Lipinski definition) is 0. The average molecular weight is 337 g/mol. The molecule has 0 radical (unpaired) electrons. The molecule has 0 amide bonds. The van der Waals surface area contributed by atoms with Crippen LogP contribution in [-0.2, 0) is 13.1 Å². The number of aryl methyl sites for hydroxylation is 1. The van der Waals surface area contributed by atoms with Gasteiger partial charge in [0.2, 0.25) is 0 Å². The fourth-order valence-electron chi connectivity index (χ4n) is 2.93. The molecule has 3 rings (SSSR count). The molecule has 0 bridgehead atoms. The molecule has 2 aromatic heterocycles. The zero-order valence-electron chi connectivity index (χ0n) is 14.9. The van der Waals surface area contributed by atoms with E-state index in [1.807, 2.05) is 31.2 Å². The number of aromatic nitrogens is 3. The molecule has 0 spiro atoms. The zero-order valence-corrected chi connectivity index (χ0v) is 14.9. The molecule has 5 heteroatoms. The Balaban J connectivity index is 2.21. The van der Waals surface area contributed by atoms with Crippen LogP contribution < -0.4 is 11.2 Å². The maximum atomic E-state index is 13.0. The van der Waals surface area contributed by atoms with E-state index in [0.29, 0.717) is 30.0 Å². The van der Waals surface area contributed by atoms with E-state index in [4.69, 9.17) is 0 Å². The molecule has 2 heterocycles. The summed E-state index contributed by atoms with van der Waals surface area (Å²) in [4.78, 5) is 30.1. The molecule has 0 unspecified atom stereocenters. The summed E-state index contributed by atoms with van der Waals surface area (Å²) >= 11 is 0. The fraction of sp³-hybridized carbons (Fsp3) is 0.350. The van der Waals surface area contributed by atoms with Crippen LogP contribution in [0.4, 0.5) is 0 Å². The minimum absolute atomic E-state index is 0.255. The molecule has 0 fully saturated rings. The summed E-state index contributed by atoms with van der Waals surface area (Å²) in [6, 6.07) is 11.4. The van der Waals surface area contributed by atoms with Gasteiger partial charge in [-0.2, -0.15) is 0 Å². The highest BCUT2D eigenvalue weighted by Gasteiger charge is 2.15. The van der Waals surface area contributed by atoms with E-state index in [0.717, 1.165) is 17.5 Å². The third-order valence-corrected chi connectivity index (χ3v) is 4.50. The van der Waals surface area contributed by atoms with Gasteiger partial charge in [0.15, 0.2) is 0 Å². The Hall–Kier alpha value is -2.69. The SMILES string of the molecule is Cc1ccccc1Cn1c(=O)n(CCC(C)C)c(=O)c2cccnc21. The largest absolute Gasteiger partial charge is 0.332 e. The highest BCUT2D eigenvalue weighted by atomic mass is 16.2. The lowest BCUT2D eigenvalue weighted by molar-refractivity contribution is 0.485. The van der Waals surface area contributed by atoms with E-state index in [1.165, 1.54) is 4.57 Å². The van der Waals surface area contributed by atoms with E-state index >= 15 is 0 Å². The van der Waals surface area contributed by atoms with Crippen LogP contribution in [-0.4, -0.2) is 14.1 Å². The standard InChI is InChI=1S/C20H23N3O2/c1-14(2)10-12-22-19(24)17-9-6-11-21-18(17)23(20(22)25)13-16-8-5-4-7-15(16)3/h4-9,11,14H,10,12-13H2,1-3H3. The molecule has 0 saturated carbocycles. The maximum Gasteiger partial charge on any atom is 0.332 e. The molecule has 25 heavy (non-hydrogen) atoms. The van der Waals surface area contributed by atoms with Crippen LogP contribution in [0.25, 0.3) is 11.0 Å². The Morgan fingerprint density at radius 1 is 1.04 bits per heavy atom. The first-order chi connectivity index (χ1) is 12.0. The summed E-state index contributed by atoms with van der Waals surface area (Å²) in [6.07, 6.45) is 2.40. The molecular weight excluding hydrogens is 314 g/mol. The van der Waals surface area contributed by atoms with Gasteiger partial charge in [0.1, 0.15) is 5.65 Å². The zero-order chi connectivity index (χ0) is 18.0. The van der Waals surface area contributed by atoms with Crippen LogP contribution in [0.15, 0.2) is 52.2 Å². The van der Waals surface area contributed by atoms with E-state index in [9.17, 15) is 9.59 Å². The van der Waals surface area contributed by atoms with Gasteiger partial charge in [-0.15, -0.1) is 0 Å². The van der Waals surface area contributed by atoms with Gasteiger partial charge in [-0.05, 0) is 42.5 Å². The minimum Gasteiger partial charge on any atom is -0.273 e. The molecule has 1 aromatic carbocycles. The van der Waals surface area contributed by atoms with Crippen LogP contribution in [0.2, 0.25) is 0 Å². The van der Waals surface area contributed by atoms with Crippen LogP contribution in [0.1, 0.15) is 31.4 Å². The Kier molecular flexibility index (Phi) is 4.83. The number of nitrogens with zero attached hydrogens (tertiary/aromatic N) is 3. The van der Waals surface area contributed by atoms with Crippen molar-refractivity contribution in [1.82, 2.24) is 14.1 Å². The van der Waals surface area contributed by atoms with E-state index in [2.05, 4.69) is 18.8 Å². The molecule has 0 aliphatic heterocycles. The molecule has 130 valence electrons. The summed E-state index contributed by atoms with van der Waals surface area (Å²) < 4.78 is 2.96. The lowest BCUT2D eigenvalue weighted by Crippen LogP contribution is -2.41. The summed E-state index contributed by atoms with van der Waals surface area (Å²) in [5, 5.41) is 0.486. The lowest BCUT2D eigenvalue weighted by atomic mass is 10.1. The minimum atomic E-state index is -0.292. The van der Waals surface area contributed by atoms with Crippen LogP contribution >= 0.6 is 0 Å². The van der Waals surface area contributed by atoms with Crippen molar-refractivity contribution in [3.05, 3.63) is 74.6 Å². The van der Waals surface area contributed by atoms with Gasteiger partial charge >= 0.3 is 5.69 Å². The summed E-state index contributed by atoms with van der Waals surface area (Å²) in [5.41, 5.74) is 2.06. The van der Waals surface area contributed by atoms with Gasteiger partial charge in [0.25, 0.3) is 5.56 Å². The lowest BCUT2D eigenvalue weighted by Gasteiger charge is -2.15. The van der Waals surface area contributed by atoms with Crippen LogP contribution in [0, 0.1) is 12.8 Å². The molecule has 0 aliphatic carbocycles. The summed E-state index contributed by atoms with van der Waals surface area (Å²) in [6.45, 7) is 7.01. The Bertz CT molecular complexity index is 1020. The number of fused-ring (bicyclic) bond motifs is 1. The third kappa shape index (κ3) is 3.40. The van der Waals surface area contributed by atoms with Crippen molar-refractivity contribution in [1.29, 1.82) is 0 Å². The molecule has 0 atom stereocenters. The topological polar surface area (TPSA) is 56.9 Å². The normalized spacial score (nSPS) is 11.4. The predicted molar refractivity (Wildman–Crippen MR) is 100.0 cm³/mol. The van der Waals surface area contributed by atoms with Crippen molar-refractivity contribution in [3.8, 4) is 0 Å². The first kappa shape index (κ1) is 17.1. The van der Waals surface area contributed by atoms with E-state index < -0.39 is 0 Å². The summed E-state index contributed by atoms with van der Waals surface area (Å²) in [5.74, 6) is 0.417. The van der Waals surface area contributed by atoms with Crippen molar-refractivity contribution in [3.63, 3.8) is 0 Å². The molecule has 0 N–H and O–H groups in total. The Morgan fingerprint density at radius 2 is 1.80 bits per heavy atom. The van der Waals surface area contributed by atoms with Crippen molar-refractivity contribution in [2.75, 3.05) is 0 Å². The van der Waals surface area contributed by atoms with Crippen LogP contribution in [0.5, 0.6) is 0 Å². The van der Waals surface area contributed by atoms with Gasteiger partial charge in [-0.25, -0.2) is 9.78 Å². The number of hydrogen-bond acceptors (Lipinski definition) is 3.